The lowest BCUT2D eigenvalue weighted by atomic mass is 10.3. The van der Waals surface area contributed by atoms with Crippen molar-refractivity contribution in [2.24, 2.45) is 7.05 Å². The second-order valence-electron chi connectivity index (χ2n) is 4.97. The molecular formula is C17H21N3O5. The van der Waals surface area contributed by atoms with Crippen LogP contribution in [-0.2, 0) is 16.6 Å². The molecule has 0 aliphatic heterocycles. The van der Waals surface area contributed by atoms with E-state index in [9.17, 15) is 9.59 Å². The number of amides is 1. The highest BCUT2D eigenvalue weighted by atomic mass is 16.5. The molecule has 1 aromatic carbocycles. The van der Waals surface area contributed by atoms with E-state index in [0.717, 1.165) is 0 Å². The summed E-state index contributed by atoms with van der Waals surface area (Å²) in [6, 6.07) is 7.08. The van der Waals surface area contributed by atoms with E-state index >= 15 is 0 Å². The number of esters is 1. The minimum Gasteiger partial charge on any atom is -0.490 e. The van der Waals surface area contributed by atoms with Crippen LogP contribution in [0.15, 0.2) is 30.5 Å². The van der Waals surface area contributed by atoms with Crippen molar-refractivity contribution in [1.82, 2.24) is 9.78 Å². The molecule has 2 rings (SSSR count). The monoisotopic (exact) mass is 347 g/mol. The summed E-state index contributed by atoms with van der Waals surface area (Å²) in [6.07, 6.45) is 1.35. The molecule has 0 unspecified atom stereocenters. The Bertz CT molecular complexity index is 742. The molecule has 0 radical (unpaired) electrons. The molecule has 0 atom stereocenters. The molecule has 0 spiro atoms. The van der Waals surface area contributed by atoms with Crippen LogP contribution in [0, 0.1) is 0 Å². The number of hydrogen-bond donors (Lipinski definition) is 1. The molecule has 25 heavy (non-hydrogen) atoms. The maximum Gasteiger partial charge on any atom is 0.343 e. The van der Waals surface area contributed by atoms with Crippen molar-refractivity contribution >= 4 is 17.7 Å². The summed E-state index contributed by atoms with van der Waals surface area (Å²) in [6.45, 7) is 4.06. The number of nitrogens with zero attached hydrogens (tertiary/aromatic N) is 2. The van der Waals surface area contributed by atoms with E-state index in [4.69, 9.17) is 14.2 Å². The SMILES string of the molecule is CCOC(=O)c1cnn(C)c1NC(=O)COc1ccccc1OCC. The van der Waals surface area contributed by atoms with E-state index in [1.54, 1.807) is 32.2 Å². The molecule has 1 N–H and O–H groups in total. The maximum atomic E-state index is 12.2. The lowest BCUT2D eigenvalue weighted by Crippen LogP contribution is -2.23. The average molecular weight is 347 g/mol. The summed E-state index contributed by atoms with van der Waals surface area (Å²) >= 11 is 0. The second kappa shape index (κ2) is 8.72. The first kappa shape index (κ1) is 18.3. The van der Waals surface area contributed by atoms with Crippen LogP contribution >= 0.6 is 0 Å². The summed E-state index contributed by atoms with van der Waals surface area (Å²) < 4.78 is 17.3. The van der Waals surface area contributed by atoms with Gasteiger partial charge in [-0.15, -0.1) is 0 Å². The summed E-state index contributed by atoms with van der Waals surface area (Å²) in [5.74, 6) is 0.305. The summed E-state index contributed by atoms with van der Waals surface area (Å²) in [5, 5.41) is 6.58. The Kier molecular flexibility index (Phi) is 6.39. The Morgan fingerprint density at radius 1 is 1.12 bits per heavy atom. The van der Waals surface area contributed by atoms with Crippen molar-refractivity contribution in [1.29, 1.82) is 0 Å². The number of carbonyl (C=O) groups is 2. The Morgan fingerprint density at radius 3 is 2.44 bits per heavy atom. The van der Waals surface area contributed by atoms with Crippen LogP contribution < -0.4 is 14.8 Å². The topological polar surface area (TPSA) is 91.7 Å². The first-order valence-corrected chi connectivity index (χ1v) is 7.90. The molecule has 0 aliphatic carbocycles. The Balaban J connectivity index is 2.02. The first-order chi connectivity index (χ1) is 12.1. The molecule has 2 aromatic rings. The fourth-order valence-corrected chi connectivity index (χ4v) is 2.10. The number of aromatic nitrogens is 2. The number of para-hydroxylation sites is 2. The molecule has 0 aliphatic rings. The van der Waals surface area contributed by atoms with E-state index in [1.165, 1.54) is 10.9 Å². The lowest BCUT2D eigenvalue weighted by Gasteiger charge is -2.12. The average Bonchev–Trinajstić information content (AvgIpc) is 2.95. The largest absolute Gasteiger partial charge is 0.490 e. The number of rotatable bonds is 8. The quantitative estimate of drug-likeness (QED) is 0.735. The number of carbonyl (C=O) groups excluding carboxylic acids is 2. The molecule has 1 aromatic heterocycles. The third-order valence-corrected chi connectivity index (χ3v) is 3.20. The van der Waals surface area contributed by atoms with E-state index in [0.29, 0.717) is 18.1 Å². The molecule has 1 amide bonds. The van der Waals surface area contributed by atoms with Crippen molar-refractivity contribution in [3.8, 4) is 11.5 Å². The van der Waals surface area contributed by atoms with Crippen molar-refractivity contribution in [2.45, 2.75) is 13.8 Å². The van der Waals surface area contributed by atoms with Crippen LogP contribution in [0.2, 0.25) is 0 Å². The number of aryl methyl sites for hydroxylation is 1. The van der Waals surface area contributed by atoms with Gasteiger partial charge in [0.2, 0.25) is 0 Å². The van der Waals surface area contributed by atoms with E-state index < -0.39 is 11.9 Å². The number of hydrogen-bond acceptors (Lipinski definition) is 6. The molecule has 8 nitrogen and oxygen atoms in total. The molecule has 134 valence electrons. The van der Waals surface area contributed by atoms with Gasteiger partial charge in [-0.2, -0.15) is 5.10 Å². The van der Waals surface area contributed by atoms with Gasteiger partial charge in [0.25, 0.3) is 5.91 Å². The number of nitrogens with one attached hydrogen (secondary N) is 1. The van der Waals surface area contributed by atoms with Gasteiger partial charge in [0.1, 0.15) is 11.4 Å². The molecule has 8 heteroatoms. The first-order valence-electron chi connectivity index (χ1n) is 7.90. The number of ether oxygens (including phenoxy) is 3. The Morgan fingerprint density at radius 2 is 1.80 bits per heavy atom. The van der Waals surface area contributed by atoms with Gasteiger partial charge < -0.3 is 19.5 Å². The van der Waals surface area contributed by atoms with Crippen LogP contribution in [0.5, 0.6) is 11.5 Å². The zero-order valence-electron chi connectivity index (χ0n) is 14.4. The summed E-state index contributed by atoms with van der Waals surface area (Å²) in [5.41, 5.74) is 0.187. The van der Waals surface area contributed by atoms with Crippen LogP contribution in [0.25, 0.3) is 0 Å². The smallest absolute Gasteiger partial charge is 0.343 e. The summed E-state index contributed by atoms with van der Waals surface area (Å²) in [4.78, 5) is 24.0. The van der Waals surface area contributed by atoms with Gasteiger partial charge in [0, 0.05) is 7.05 Å². The van der Waals surface area contributed by atoms with E-state index in [-0.39, 0.29) is 24.6 Å². The summed E-state index contributed by atoms with van der Waals surface area (Å²) in [7, 11) is 1.61. The molecule has 0 saturated carbocycles. The van der Waals surface area contributed by atoms with E-state index in [2.05, 4.69) is 10.4 Å². The molecule has 0 fully saturated rings. The van der Waals surface area contributed by atoms with Gasteiger partial charge in [-0.3, -0.25) is 9.48 Å². The number of benzene rings is 1. The van der Waals surface area contributed by atoms with Crippen LogP contribution in [0.4, 0.5) is 5.82 Å². The van der Waals surface area contributed by atoms with Gasteiger partial charge in [-0.1, -0.05) is 12.1 Å². The number of anilines is 1. The van der Waals surface area contributed by atoms with Crippen LogP contribution in [-0.4, -0.2) is 41.5 Å². The maximum absolute atomic E-state index is 12.2. The molecular weight excluding hydrogens is 326 g/mol. The third kappa shape index (κ3) is 4.72. The standard InChI is InChI=1S/C17H21N3O5/c1-4-23-13-8-6-7-9-14(13)25-11-15(21)19-16-12(10-18-20(16)3)17(22)24-5-2/h6-10H,4-5,11H2,1-3H3,(H,19,21). The van der Waals surface area contributed by atoms with Gasteiger partial charge in [-0.25, -0.2) is 4.79 Å². The van der Waals surface area contributed by atoms with Crippen molar-refractivity contribution < 1.29 is 23.8 Å². The lowest BCUT2D eigenvalue weighted by molar-refractivity contribution is -0.118. The highest BCUT2D eigenvalue weighted by Gasteiger charge is 2.19. The zero-order chi connectivity index (χ0) is 18.2. The Hall–Kier alpha value is -3.03. The van der Waals surface area contributed by atoms with Crippen LogP contribution in [0.1, 0.15) is 24.2 Å². The van der Waals surface area contributed by atoms with Gasteiger partial charge in [0.15, 0.2) is 18.1 Å². The van der Waals surface area contributed by atoms with Crippen molar-refractivity contribution in [3.05, 3.63) is 36.0 Å². The highest BCUT2D eigenvalue weighted by molar-refractivity contribution is 6.00. The minimum absolute atomic E-state index is 0.187. The Labute approximate surface area is 145 Å². The predicted octanol–water partition coefficient (Wildman–Crippen LogP) is 2.01. The molecule has 1 heterocycles. The van der Waals surface area contributed by atoms with E-state index in [1.807, 2.05) is 13.0 Å². The zero-order valence-corrected chi connectivity index (χ0v) is 14.4. The van der Waals surface area contributed by atoms with Crippen molar-refractivity contribution in [2.75, 3.05) is 25.1 Å². The third-order valence-electron chi connectivity index (χ3n) is 3.20. The van der Waals surface area contributed by atoms with Gasteiger partial charge >= 0.3 is 5.97 Å². The normalized spacial score (nSPS) is 10.2. The molecule has 0 bridgehead atoms. The fourth-order valence-electron chi connectivity index (χ4n) is 2.10. The fraction of sp³-hybridized carbons (Fsp3) is 0.353. The minimum atomic E-state index is -0.548. The van der Waals surface area contributed by atoms with Gasteiger partial charge in [0.05, 0.1) is 19.4 Å². The second-order valence-corrected chi connectivity index (χ2v) is 4.97. The highest BCUT2D eigenvalue weighted by Crippen LogP contribution is 2.26. The van der Waals surface area contributed by atoms with Crippen molar-refractivity contribution in [3.63, 3.8) is 0 Å². The van der Waals surface area contributed by atoms with Gasteiger partial charge in [-0.05, 0) is 26.0 Å². The predicted molar refractivity (Wildman–Crippen MR) is 90.9 cm³/mol. The molecule has 0 saturated heterocycles. The van der Waals surface area contributed by atoms with Crippen LogP contribution in [0.3, 0.4) is 0 Å².